The molecule has 0 fully saturated rings. The van der Waals surface area contributed by atoms with Crippen LogP contribution in [0.3, 0.4) is 0 Å². The molecule has 11 nitrogen and oxygen atoms in total. The SMILES string of the molecule is C=CCOC(=O)C(=O)Cc1cc(F)c2nc(C(=O)O)cc(C(=O)O)c2c1[N+](=O)[O-]. The number of carbonyl (C=O) groups excluding carboxylic acids is 2. The molecule has 2 N–H and O–H groups in total. The lowest BCUT2D eigenvalue weighted by molar-refractivity contribution is -0.383. The van der Waals surface area contributed by atoms with E-state index in [9.17, 15) is 38.8 Å². The van der Waals surface area contributed by atoms with E-state index < -0.39 is 74.3 Å². The van der Waals surface area contributed by atoms with Gasteiger partial charge in [0.1, 0.15) is 23.6 Å². The van der Waals surface area contributed by atoms with Gasteiger partial charge < -0.3 is 14.9 Å². The van der Waals surface area contributed by atoms with Gasteiger partial charge in [-0.15, -0.1) is 0 Å². The predicted octanol–water partition coefficient (Wildman–Crippen LogP) is 1.52. The first-order valence-corrected chi connectivity index (χ1v) is 7.66. The molecule has 0 radical (unpaired) electrons. The van der Waals surface area contributed by atoms with Crippen molar-refractivity contribution in [3.05, 3.63) is 57.5 Å². The van der Waals surface area contributed by atoms with Crippen molar-refractivity contribution >= 4 is 40.3 Å². The van der Waals surface area contributed by atoms with E-state index in [0.717, 1.165) is 0 Å². The largest absolute Gasteiger partial charge is 0.478 e. The summed E-state index contributed by atoms with van der Waals surface area (Å²) in [4.78, 5) is 60.1. The Kier molecular flexibility index (Phi) is 5.97. The number of carboxylic acids is 2. The number of nitrogens with zero attached hydrogens (tertiary/aromatic N) is 2. The highest BCUT2D eigenvalue weighted by molar-refractivity contribution is 6.34. The number of benzene rings is 1. The minimum atomic E-state index is -1.78. The molecular formula is C17H11FN2O9. The van der Waals surface area contributed by atoms with Gasteiger partial charge in [0.05, 0.1) is 15.9 Å². The number of aromatic nitrogens is 1. The van der Waals surface area contributed by atoms with Crippen molar-refractivity contribution < 1.29 is 43.4 Å². The Morgan fingerprint density at radius 2 is 1.90 bits per heavy atom. The van der Waals surface area contributed by atoms with Gasteiger partial charge in [-0.3, -0.25) is 14.9 Å². The van der Waals surface area contributed by atoms with Crippen molar-refractivity contribution in [3.8, 4) is 0 Å². The second-order valence-electron chi connectivity index (χ2n) is 5.50. The molecule has 1 heterocycles. The number of rotatable bonds is 8. The van der Waals surface area contributed by atoms with Crippen molar-refractivity contribution in [3.63, 3.8) is 0 Å². The minimum absolute atomic E-state index is 0.302. The standard InChI is InChI=1S/C17H11FN2O9/c1-2-3-29-17(26)11(21)5-7-4-9(18)13-12(14(7)20(27)28)8(15(22)23)6-10(19-13)16(24)25/h2,4,6H,1,3,5H2,(H,22,23)(H,24,25). The normalized spacial score (nSPS) is 10.4. The third kappa shape index (κ3) is 4.21. The number of carbonyl (C=O) groups is 4. The number of nitro benzene ring substituents is 1. The summed E-state index contributed by atoms with van der Waals surface area (Å²) in [6.45, 7) is 2.97. The van der Waals surface area contributed by atoms with Gasteiger partial charge in [-0.2, -0.15) is 0 Å². The van der Waals surface area contributed by atoms with E-state index in [2.05, 4.69) is 16.3 Å². The van der Waals surface area contributed by atoms with Gasteiger partial charge in [0.15, 0.2) is 0 Å². The van der Waals surface area contributed by atoms with E-state index in [1.807, 2.05) is 0 Å². The van der Waals surface area contributed by atoms with E-state index in [1.54, 1.807) is 0 Å². The molecule has 0 atom stereocenters. The Labute approximate surface area is 160 Å². The summed E-state index contributed by atoms with van der Waals surface area (Å²) in [5.74, 6) is -7.37. The molecule has 0 unspecified atom stereocenters. The number of pyridine rings is 1. The van der Waals surface area contributed by atoms with Crippen LogP contribution in [0, 0.1) is 15.9 Å². The lowest BCUT2D eigenvalue weighted by atomic mass is 9.98. The van der Waals surface area contributed by atoms with E-state index in [4.69, 9.17) is 5.11 Å². The van der Waals surface area contributed by atoms with E-state index in [1.165, 1.54) is 6.08 Å². The molecule has 0 bridgehead atoms. The van der Waals surface area contributed by atoms with Gasteiger partial charge >= 0.3 is 17.9 Å². The molecule has 0 amide bonds. The summed E-state index contributed by atoms with van der Waals surface area (Å²) in [6, 6.07) is 1.05. The van der Waals surface area contributed by atoms with Crippen LogP contribution in [0.2, 0.25) is 0 Å². The number of halogens is 1. The van der Waals surface area contributed by atoms with Crippen LogP contribution in [-0.2, 0) is 20.7 Å². The number of fused-ring (bicyclic) bond motifs is 1. The highest BCUT2D eigenvalue weighted by atomic mass is 19.1. The average molecular weight is 406 g/mol. The molecule has 29 heavy (non-hydrogen) atoms. The maximum Gasteiger partial charge on any atom is 0.375 e. The molecule has 0 aliphatic heterocycles. The van der Waals surface area contributed by atoms with Gasteiger partial charge in [0.25, 0.3) is 5.69 Å². The van der Waals surface area contributed by atoms with Crippen LogP contribution in [0.15, 0.2) is 24.8 Å². The Hall–Kier alpha value is -4.22. The molecular weight excluding hydrogens is 395 g/mol. The Bertz CT molecular complexity index is 1090. The van der Waals surface area contributed by atoms with Crippen LogP contribution >= 0.6 is 0 Å². The Balaban J connectivity index is 2.78. The maximum absolute atomic E-state index is 14.5. The predicted molar refractivity (Wildman–Crippen MR) is 92.1 cm³/mol. The summed E-state index contributed by atoms with van der Waals surface area (Å²) < 4.78 is 19.0. The summed E-state index contributed by atoms with van der Waals surface area (Å²) in [5.41, 5.74) is -4.22. The van der Waals surface area contributed by atoms with E-state index >= 15 is 0 Å². The van der Waals surface area contributed by atoms with Crippen molar-refractivity contribution in [2.75, 3.05) is 6.61 Å². The number of carboxylic acid groups (broad SMARTS) is 2. The summed E-state index contributed by atoms with van der Waals surface area (Å²) in [5, 5.41) is 29.1. The number of nitro groups is 1. The number of hydrogen-bond donors (Lipinski definition) is 2. The van der Waals surface area contributed by atoms with Crippen molar-refractivity contribution in [2.24, 2.45) is 0 Å². The second kappa shape index (κ2) is 8.21. The summed E-state index contributed by atoms with van der Waals surface area (Å²) in [7, 11) is 0. The zero-order chi connectivity index (χ0) is 21.9. The minimum Gasteiger partial charge on any atom is -0.478 e. The number of ether oxygens (including phenoxy) is 1. The monoisotopic (exact) mass is 406 g/mol. The van der Waals surface area contributed by atoms with Crippen LogP contribution in [0.4, 0.5) is 10.1 Å². The second-order valence-corrected chi connectivity index (χ2v) is 5.50. The Morgan fingerprint density at radius 1 is 1.24 bits per heavy atom. The van der Waals surface area contributed by atoms with Gasteiger partial charge in [-0.25, -0.2) is 23.8 Å². The van der Waals surface area contributed by atoms with Gasteiger partial charge in [-0.1, -0.05) is 12.7 Å². The molecule has 2 rings (SSSR count). The molecule has 1 aromatic heterocycles. The average Bonchev–Trinajstić information content (AvgIpc) is 2.64. The summed E-state index contributed by atoms with van der Waals surface area (Å²) in [6.07, 6.45) is 0.215. The number of ketones is 1. The quantitative estimate of drug-likeness (QED) is 0.215. The van der Waals surface area contributed by atoms with Crippen molar-refractivity contribution in [1.29, 1.82) is 0 Å². The fraction of sp³-hybridized carbons (Fsp3) is 0.118. The number of esters is 1. The highest BCUT2D eigenvalue weighted by Crippen LogP contribution is 2.34. The van der Waals surface area contributed by atoms with Crippen molar-refractivity contribution in [2.45, 2.75) is 6.42 Å². The smallest absolute Gasteiger partial charge is 0.375 e. The highest BCUT2D eigenvalue weighted by Gasteiger charge is 2.31. The van der Waals surface area contributed by atoms with Crippen LogP contribution in [-0.4, -0.2) is 50.4 Å². The molecule has 1 aromatic carbocycles. The molecule has 150 valence electrons. The topological polar surface area (TPSA) is 174 Å². The number of Topliss-reactive ketones (excluding diaryl/α,β-unsaturated/α-hetero) is 1. The van der Waals surface area contributed by atoms with E-state index in [0.29, 0.717) is 12.1 Å². The van der Waals surface area contributed by atoms with Crippen LogP contribution in [0.1, 0.15) is 26.4 Å². The molecule has 0 aliphatic carbocycles. The molecule has 0 saturated carbocycles. The zero-order valence-corrected chi connectivity index (χ0v) is 14.4. The molecule has 2 aromatic rings. The molecule has 0 saturated heterocycles. The maximum atomic E-state index is 14.5. The first-order chi connectivity index (χ1) is 13.6. The van der Waals surface area contributed by atoms with E-state index in [-0.39, 0.29) is 6.61 Å². The third-order valence-corrected chi connectivity index (χ3v) is 3.63. The third-order valence-electron chi connectivity index (χ3n) is 3.63. The van der Waals surface area contributed by atoms with Crippen LogP contribution in [0.25, 0.3) is 10.9 Å². The fourth-order valence-electron chi connectivity index (χ4n) is 2.49. The number of aromatic carboxylic acids is 2. The summed E-state index contributed by atoms with van der Waals surface area (Å²) >= 11 is 0. The van der Waals surface area contributed by atoms with Crippen molar-refractivity contribution in [1.82, 2.24) is 4.98 Å². The van der Waals surface area contributed by atoms with Gasteiger partial charge in [-0.05, 0) is 12.1 Å². The lowest BCUT2D eigenvalue weighted by Gasteiger charge is -2.10. The molecule has 0 spiro atoms. The first-order valence-electron chi connectivity index (χ1n) is 7.66. The zero-order valence-electron chi connectivity index (χ0n) is 14.4. The van der Waals surface area contributed by atoms with Crippen LogP contribution in [0.5, 0.6) is 0 Å². The lowest BCUT2D eigenvalue weighted by Crippen LogP contribution is -2.20. The van der Waals surface area contributed by atoms with Gasteiger partial charge in [0.2, 0.25) is 5.78 Å². The van der Waals surface area contributed by atoms with Gasteiger partial charge in [0, 0.05) is 12.0 Å². The number of hydrogen-bond acceptors (Lipinski definition) is 8. The molecule has 12 heteroatoms. The van der Waals surface area contributed by atoms with Crippen LogP contribution < -0.4 is 0 Å². The Morgan fingerprint density at radius 3 is 2.41 bits per heavy atom. The first kappa shape index (κ1) is 21.1. The fourth-order valence-corrected chi connectivity index (χ4v) is 2.49. The molecule has 0 aliphatic rings.